The molecule has 0 unspecified atom stereocenters. The highest BCUT2D eigenvalue weighted by Gasteiger charge is 2.62. The summed E-state index contributed by atoms with van der Waals surface area (Å²) in [5.74, 6) is -0.768. The molecule has 0 spiro atoms. The zero-order chi connectivity index (χ0) is 18.7. The van der Waals surface area contributed by atoms with E-state index in [2.05, 4.69) is 10.0 Å². The number of hydrogen-bond donors (Lipinski definition) is 0. The van der Waals surface area contributed by atoms with E-state index in [9.17, 15) is 9.59 Å². The quantitative estimate of drug-likeness (QED) is 0.721. The van der Waals surface area contributed by atoms with Crippen LogP contribution in [0, 0.1) is 5.92 Å². The van der Waals surface area contributed by atoms with E-state index in [-0.39, 0.29) is 17.9 Å². The van der Waals surface area contributed by atoms with Gasteiger partial charge in [-0.25, -0.2) is 14.9 Å². The number of imide groups is 1. The second kappa shape index (κ2) is 6.31. The third-order valence-corrected chi connectivity index (χ3v) is 6.17. The molecule has 2 amide bonds. The van der Waals surface area contributed by atoms with E-state index in [0.29, 0.717) is 15.7 Å². The summed E-state index contributed by atoms with van der Waals surface area (Å²) in [7, 11) is 0. The number of halogens is 2. The highest BCUT2D eigenvalue weighted by atomic mass is 35.5. The first-order chi connectivity index (χ1) is 13.1. The van der Waals surface area contributed by atoms with Gasteiger partial charge in [0.05, 0.1) is 17.6 Å². The number of rotatable bonds is 2. The second-order valence-corrected chi connectivity index (χ2v) is 8.01. The maximum absolute atomic E-state index is 13.4. The Kier molecular flexibility index (Phi) is 4.02. The molecule has 138 valence electrons. The molecule has 3 aliphatic heterocycles. The van der Waals surface area contributed by atoms with Gasteiger partial charge in [0, 0.05) is 23.1 Å². The van der Waals surface area contributed by atoms with Crippen LogP contribution >= 0.6 is 23.2 Å². The van der Waals surface area contributed by atoms with Gasteiger partial charge in [-0.3, -0.25) is 9.59 Å². The highest BCUT2D eigenvalue weighted by molar-refractivity contribution is 6.31. The Morgan fingerprint density at radius 3 is 2.22 bits per heavy atom. The lowest BCUT2D eigenvalue weighted by atomic mass is 9.90. The van der Waals surface area contributed by atoms with Crippen molar-refractivity contribution in [3.63, 3.8) is 0 Å². The van der Waals surface area contributed by atoms with Crippen LogP contribution < -0.4 is 4.90 Å². The van der Waals surface area contributed by atoms with E-state index in [1.165, 1.54) is 4.90 Å². The third-order valence-electron chi connectivity index (χ3n) is 5.68. The van der Waals surface area contributed by atoms with E-state index in [0.717, 1.165) is 25.1 Å². The average molecular weight is 402 g/mol. The summed E-state index contributed by atoms with van der Waals surface area (Å²) in [6.45, 7) is 1.63. The van der Waals surface area contributed by atoms with Crippen molar-refractivity contribution in [2.24, 2.45) is 5.92 Å². The summed E-state index contributed by atoms with van der Waals surface area (Å²) in [5, 5.41) is 5.42. The smallest absolute Gasteiger partial charge is 0.253 e. The van der Waals surface area contributed by atoms with Crippen molar-refractivity contribution in [2.45, 2.75) is 18.5 Å². The molecule has 2 aromatic carbocycles. The topological polar surface area (TPSA) is 43.9 Å². The fourth-order valence-corrected chi connectivity index (χ4v) is 4.95. The number of hydrazine groups is 1. The molecular formula is C20H17Cl2N3O2. The molecule has 3 aliphatic rings. The SMILES string of the molecule is O=C1[C@@H]2[C@@H](C(=O)N1c1cccc(Cl)c1)N1CCCN1[C@@H]2c1ccc(Cl)cc1. The first-order valence-electron chi connectivity index (χ1n) is 8.98. The lowest BCUT2D eigenvalue weighted by Crippen LogP contribution is -2.44. The van der Waals surface area contributed by atoms with Crippen LogP contribution in [0.4, 0.5) is 5.69 Å². The number of carbonyl (C=O) groups excluding carboxylic acids is 2. The molecule has 0 bridgehead atoms. The maximum Gasteiger partial charge on any atom is 0.253 e. The van der Waals surface area contributed by atoms with Crippen molar-refractivity contribution in [1.29, 1.82) is 0 Å². The van der Waals surface area contributed by atoms with Gasteiger partial charge in [-0.2, -0.15) is 0 Å². The fraction of sp³-hybridized carbons (Fsp3) is 0.300. The molecule has 27 heavy (non-hydrogen) atoms. The van der Waals surface area contributed by atoms with E-state index >= 15 is 0 Å². The van der Waals surface area contributed by atoms with Gasteiger partial charge in [-0.05, 0) is 42.3 Å². The Bertz CT molecular complexity index is 933. The average Bonchev–Trinajstić information content (AvgIpc) is 3.28. The van der Waals surface area contributed by atoms with E-state index in [1.807, 2.05) is 24.3 Å². The van der Waals surface area contributed by atoms with Crippen LogP contribution in [0.3, 0.4) is 0 Å². The van der Waals surface area contributed by atoms with Gasteiger partial charge in [0.2, 0.25) is 5.91 Å². The lowest BCUT2D eigenvalue weighted by Gasteiger charge is -2.29. The van der Waals surface area contributed by atoms with Crippen LogP contribution in [-0.2, 0) is 9.59 Å². The van der Waals surface area contributed by atoms with Crippen LogP contribution in [0.25, 0.3) is 0 Å². The van der Waals surface area contributed by atoms with Gasteiger partial charge in [0.15, 0.2) is 0 Å². The minimum atomic E-state index is -0.459. The first kappa shape index (κ1) is 17.2. The fourth-order valence-electron chi connectivity index (χ4n) is 4.64. The van der Waals surface area contributed by atoms with Crippen LogP contribution in [0.2, 0.25) is 10.0 Å². The van der Waals surface area contributed by atoms with Crippen molar-refractivity contribution >= 4 is 40.7 Å². The molecule has 0 N–H and O–H groups in total. The molecule has 3 atom stereocenters. The Labute approximate surface area is 167 Å². The number of carbonyl (C=O) groups is 2. The van der Waals surface area contributed by atoms with Gasteiger partial charge in [-0.15, -0.1) is 0 Å². The molecule has 0 saturated carbocycles. The van der Waals surface area contributed by atoms with Gasteiger partial charge < -0.3 is 0 Å². The van der Waals surface area contributed by atoms with Crippen LogP contribution in [0.1, 0.15) is 18.0 Å². The monoisotopic (exact) mass is 401 g/mol. The molecule has 3 heterocycles. The third kappa shape index (κ3) is 2.53. The molecular weight excluding hydrogens is 385 g/mol. The summed E-state index contributed by atoms with van der Waals surface area (Å²) in [6, 6.07) is 13.9. The predicted molar refractivity (Wildman–Crippen MR) is 103 cm³/mol. The summed E-state index contributed by atoms with van der Waals surface area (Å²) >= 11 is 12.1. The molecule has 3 saturated heterocycles. The van der Waals surface area contributed by atoms with Gasteiger partial charge >= 0.3 is 0 Å². The summed E-state index contributed by atoms with van der Waals surface area (Å²) in [4.78, 5) is 27.9. The van der Waals surface area contributed by atoms with E-state index in [1.54, 1.807) is 24.3 Å². The highest BCUT2D eigenvalue weighted by Crippen LogP contribution is 2.49. The van der Waals surface area contributed by atoms with E-state index < -0.39 is 12.0 Å². The Hall–Kier alpha value is -1.92. The van der Waals surface area contributed by atoms with Crippen LogP contribution in [-0.4, -0.2) is 41.0 Å². The van der Waals surface area contributed by atoms with E-state index in [4.69, 9.17) is 23.2 Å². The van der Waals surface area contributed by atoms with Gasteiger partial charge in [-0.1, -0.05) is 41.4 Å². The molecule has 2 aromatic rings. The molecule has 3 fully saturated rings. The number of benzene rings is 2. The molecule has 7 heteroatoms. The summed E-state index contributed by atoms with van der Waals surface area (Å²) < 4.78 is 0. The van der Waals surface area contributed by atoms with Crippen LogP contribution in [0.15, 0.2) is 48.5 Å². The first-order valence-corrected chi connectivity index (χ1v) is 9.74. The number of amides is 2. The maximum atomic E-state index is 13.4. The Morgan fingerprint density at radius 1 is 0.815 bits per heavy atom. The standard InChI is InChI=1S/C20H17Cl2N3O2/c21-13-7-5-12(6-8-13)17-16-18(24-10-2-9-23(17)24)20(27)25(19(16)26)15-4-1-3-14(22)11-15/h1,3-8,11,16-18H,2,9-10H2/t16-,17+,18-/m0/s1. The molecule has 0 aromatic heterocycles. The number of hydrogen-bond acceptors (Lipinski definition) is 4. The molecule has 5 nitrogen and oxygen atoms in total. The van der Waals surface area contributed by atoms with Gasteiger partial charge in [0.1, 0.15) is 6.04 Å². The van der Waals surface area contributed by atoms with Crippen molar-refractivity contribution in [1.82, 2.24) is 10.0 Å². The minimum absolute atomic E-state index is 0.157. The van der Waals surface area contributed by atoms with Crippen molar-refractivity contribution in [3.05, 3.63) is 64.1 Å². The largest absolute Gasteiger partial charge is 0.274 e. The number of fused-ring (bicyclic) bond motifs is 3. The summed E-state index contributed by atoms with van der Waals surface area (Å²) in [5.41, 5.74) is 1.54. The minimum Gasteiger partial charge on any atom is -0.274 e. The van der Waals surface area contributed by atoms with Crippen molar-refractivity contribution in [3.8, 4) is 0 Å². The molecule has 0 radical (unpaired) electrons. The number of nitrogens with zero attached hydrogens (tertiary/aromatic N) is 3. The summed E-state index contributed by atoms with van der Waals surface area (Å²) in [6.07, 6.45) is 0.978. The Balaban J connectivity index is 1.59. The Morgan fingerprint density at radius 2 is 1.52 bits per heavy atom. The van der Waals surface area contributed by atoms with Crippen molar-refractivity contribution < 1.29 is 9.59 Å². The zero-order valence-electron chi connectivity index (χ0n) is 14.4. The van der Waals surface area contributed by atoms with Crippen LogP contribution in [0.5, 0.6) is 0 Å². The van der Waals surface area contributed by atoms with Crippen molar-refractivity contribution in [2.75, 3.05) is 18.0 Å². The predicted octanol–water partition coefficient (Wildman–Crippen LogP) is 3.53. The normalized spacial score (nSPS) is 28.1. The number of anilines is 1. The molecule has 0 aliphatic carbocycles. The molecule has 5 rings (SSSR count). The lowest BCUT2D eigenvalue weighted by molar-refractivity contribution is -0.126. The van der Waals surface area contributed by atoms with Gasteiger partial charge in [0.25, 0.3) is 5.91 Å². The second-order valence-electron chi connectivity index (χ2n) is 7.14. The zero-order valence-corrected chi connectivity index (χ0v) is 15.9.